The van der Waals surface area contributed by atoms with Gasteiger partial charge < -0.3 is 4.74 Å². The van der Waals surface area contributed by atoms with Gasteiger partial charge in [-0.1, -0.05) is 78.9 Å². The van der Waals surface area contributed by atoms with E-state index in [1.165, 1.54) is 5.56 Å². The first-order chi connectivity index (χ1) is 11.8. The molecule has 0 aromatic heterocycles. The molecule has 2 nitrogen and oxygen atoms in total. The summed E-state index contributed by atoms with van der Waals surface area (Å²) in [6.45, 7) is 0. The van der Waals surface area contributed by atoms with Crippen LogP contribution in [0.3, 0.4) is 0 Å². The minimum atomic E-state index is -0.280. The molecule has 0 bridgehead atoms. The minimum Gasteiger partial charge on any atom is -0.454 e. The van der Waals surface area contributed by atoms with Gasteiger partial charge in [-0.3, -0.25) is 0 Å². The molecule has 3 aromatic rings. The molecule has 2 heteroatoms. The molecule has 0 aliphatic carbocycles. The number of esters is 1. The van der Waals surface area contributed by atoms with E-state index in [1.807, 2.05) is 66.7 Å². The summed E-state index contributed by atoms with van der Waals surface area (Å²) in [5.41, 5.74) is 2.85. The van der Waals surface area contributed by atoms with Crippen molar-refractivity contribution in [3.8, 4) is 0 Å². The topological polar surface area (TPSA) is 26.3 Å². The largest absolute Gasteiger partial charge is 0.454 e. The standard InChI is InChI=1S/C22H20O2/c23-22(20-14-8-3-9-15-20)24-21(19-12-6-2-7-13-19)17-16-18-10-4-1-5-11-18/h1-15,21H,16-17H2/t21-/m1/s1. The SMILES string of the molecule is O=C(O[C@H](CCc1ccccc1)c1ccccc1)c1ccccc1. The molecule has 3 aromatic carbocycles. The highest BCUT2D eigenvalue weighted by molar-refractivity contribution is 5.89. The Hall–Kier alpha value is -2.87. The molecule has 0 spiro atoms. The number of benzene rings is 3. The monoisotopic (exact) mass is 316 g/mol. The van der Waals surface area contributed by atoms with Crippen LogP contribution in [0, 0.1) is 0 Å². The number of hydrogen-bond acceptors (Lipinski definition) is 2. The average Bonchev–Trinajstić information content (AvgIpc) is 2.67. The predicted molar refractivity (Wildman–Crippen MR) is 95.8 cm³/mol. The van der Waals surface area contributed by atoms with Crippen molar-refractivity contribution >= 4 is 5.97 Å². The maximum atomic E-state index is 12.4. The summed E-state index contributed by atoms with van der Waals surface area (Å²) in [5.74, 6) is -0.280. The molecule has 0 fully saturated rings. The van der Waals surface area contributed by atoms with Crippen molar-refractivity contribution in [3.05, 3.63) is 108 Å². The minimum absolute atomic E-state index is 0.251. The molecule has 0 saturated heterocycles. The summed E-state index contributed by atoms with van der Waals surface area (Å²) < 4.78 is 5.81. The van der Waals surface area contributed by atoms with E-state index in [0.717, 1.165) is 18.4 Å². The van der Waals surface area contributed by atoms with E-state index < -0.39 is 0 Å². The zero-order chi connectivity index (χ0) is 16.6. The van der Waals surface area contributed by atoms with Crippen LogP contribution in [0.2, 0.25) is 0 Å². The molecule has 0 N–H and O–H groups in total. The third-order valence-electron chi connectivity index (χ3n) is 3.97. The lowest BCUT2D eigenvalue weighted by Crippen LogP contribution is -2.12. The first kappa shape index (κ1) is 16.0. The van der Waals surface area contributed by atoms with E-state index in [1.54, 1.807) is 12.1 Å². The normalized spacial score (nSPS) is 11.7. The van der Waals surface area contributed by atoms with E-state index in [-0.39, 0.29) is 12.1 Å². The summed E-state index contributed by atoms with van der Waals surface area (Å²) in [4.78, 5) is 12.4. The fraction of sp³-hybridized carbons (Fsp3) is 0.136. The fourth-order valence-corrected chi connectivity index (χ4v) is 2.68. The quantitative estimate of drug-likeness (QED) is 0.583. The number of ether oxygens (including phenoxy) is 1. The maximum Gasteiger partial charge on any atom is 0.338 e. The number of hydrogen-bond donors (Lipinski definition) is 0. The Balaban J connectivity index is 1.74. The number of rotatable bonds is 6. The van der Waals surface area contributed by atoms with Crippen LogP contribution in [0.4, 0.5) is 0 Å². The van der Waals surface area contributed by atoms with E-state index in [9.17, 15) is 4.79 Å². The van der Waals surface area contributed by atoms with Crippen LogP contribution in [-0.4, -0.2) is 5.97 Å². The van der Waals surface area contributed by atoms with Crippen molar-refractivity contribution in [1.82, 2.24) is 0 Å². The highest BCUT2D eigenvalue weighted by atomic mass is 16.5. The smallest absolute Gasteiger partial charge is 0.338 e. The van der Waals surface area contributed by atoms with Gasteiger partial charge in [0.05, 0.1) is 5.56 Å². The molecule has 0 saturated carbocycles. The van der Waals surface area contributed by atoms with Crippen LogP contribution in [-0.2, 0) is 11.2 Å². The molecule has 0 aliphatic rings. The summed E-state index contributed by atoms with van der Waals surface area (Å²) in [6, 6.07) is 29.3. The maximum absolute atomic E-state index is 12.4. The summed E-state index contributed by atoms with van der Waals surface area (Å²) in [7, 11) is 0. The van der Waals surface area contributed by atoms with Gasteiger partial charge in [-0.25, -0.2) is 4.79 Å². The van der Waals surface area contributed by atoms with Gasteiger partial charge in [0.15, 0.2) is 0 Å². The van der Waals surface area contributed by atoms with Crippen molar-refractivity contribution in [2.75, 3.05) is 0 Å². The highest BCUT2D eigenvalue weighted by Gasteiger charge is 2.17. The molecule has 24 heavy (non-hydrogen) atoms. The van der Waals surface area contributed by atoms with Crippen molar-refractivity contribution in [1.29, 1.82) is 0 Å². The lowest BCUT2D eigenvalue weighted by Gasteiger charge is -2.18. The Bertz CT molecular complexity index is 752. The zero-order valence-corrected chi connectivity index (χ0v) is 13.5. The molecule has 0 aliphatic heterocycles. The Morgan fingerprint density at radius 2 is 1.29 bits per heavy atom. The number of aryl methyl sites for hydroxylation is 1. The van der Waals surface area contributed by atoms with Gasteiger partial charge in [0.2, 0.25) is 0 Å². The third-order valence-corrected chi connectivity index (χ3v) is 3.97. The molecule has 3 rings (SSSR count). The molecular weight excluding hydrogens is 296 g/mol. The lowest BCUT2D eigenvalue weighted by molar-refractivity contribution is 0.0277. The van der Waals surface area contributed by atoms with Crippen LogP contribution in [0.5, 0.6) is 0 Å². The first-order valence-electron chi connectivity index (χ1n) is 8.18. The van der Waals surface area contributed by atoms with Crippen molar-refractivity contribution in [2.45, 2.75) is 18.9 Å². The summed E-state index contributed by atoms with van der Waals surface area (Å²) >= 11 is 0. The Kier molecular flexibility index (Phi) is 5.41. The van der Waals surface area contributed by atoms with E-state index in [0.29, 0.717) is 5.56 Å². The first-order valence-corrected chi connectivity index (χ1v) is 8.18. The van der Waals surface area contributed by atoms with E-state index in [4.69, 9.17) is 4.74 Å². The van der Waals surface area contributed by atoms with Crippen LogP contribution < -0.4 is 0 Å². The fourth-order valence-electron chi connectivity index (χ4n) is 2.68. The van der Waals surface area contributed by atoms with Gasteiger partial charge >= 0.3 is 5.97 Å². The van der Waals surface area contributed by atoms with Crippen molar-refractivity contribution in [3.63, 3.8) is 0 Å². The van der Waals surface area contributed by atoms with Gasteiger partial charge in [-0.05, 0) is 36.1 Å². The second kappa shape index (κ2) is 8.11. The number of carbonyl (C=O) groups is 1. The summed E-state index contributed by atoms with van der Waals surface area (Å²) in [6.07, 6.45) is 1.37. The molecule has 0 radical (unpaired) electrons. The third kappa shape index (κ3) is 4.32. The van der Waals surface area contributed by atoms with Crippen LogP contribution in [0.1, 0.15) is 34.0 Å². The van der Waals surface area contributed by atoms with Crippen LogP contribution in [0.15, 0.2) is 91.0 Å². The van der Waals surface area contributed by atoms with Gasteiger partial charge in [-0.2, -0.15) is 0 Å². The molecule has 0 amide bonds. The van der Waals surface area contributed by atoms with Crippen LogP contribution in [0.25, 0.3) is 0 Å². The highest BCUT2D eigenvalue weighted by Crippen LogP contribution is 2.24. The predicted octanol–water partition coefficient (Wildman–Crippen LogP) is 5.22. The lowest BCUT2D eigenvalue weighted by atomic mass is 10.0. The van der Waals surface area contributed by atoms with Crippen molar-refractivity contribution < 1.29 is 9.53 Å². The average molecular weight is 316 g/mol. The molecular formula is C22H20O2. The molecule has 1 atom stereocenters. The Morgan fingerprint density at radius 3 is 1.92 bits per heavy atom. The van der Waals surface area contributed by atoms with E-state index in [2.05, 4.69) is 12.1 Å². The van der Waals surface area contributed by atoms with Gasteiger partial charge in [0.1, 0.15) is 6.10 Å². The Labute approximate surface area is 142 Å². The van der Waals surface area contributed by atoms with Gasteiger partial charge in [0, 0.05) is 0 Å². The number of carbonyl (C=O) groups excluding carboxylic acids is 1. The second-order valence-corrected chi connectivity index (χ2v) is 5.69. The second-order valence-electron chi connectivity index (χ2n) is 5.69. The Morgan fingerprint density at radius 1 is 0.750 bits per heavy atom. The molecule has 120 valence electrons. The van der Waals surface area contributed by atoms with Gasteiger partial charge in [0.25, 0.3) is 0 Å². The van der Waals surface area contributed by atoms with E-state index >= 15 is 0 Å². The molecule has 0 heterocycles. The summed E-state index contributed by atoms with van der Waals surface area (Å²) in [5, 5.41) is 0. The van der Waals surface area contributed by atoms with Crippen LogP contribution >= 0.6 is 0 Å². The molecule has 0 unspecified atom stereocenters. The zero-order valence-electron chi connectivity index (χ0n) is 13.5. The van der Waals surface area contributed by atoms with Crippen molar-refractivity contribution in [2.24, 2.45) is 0 Å². The van der Waals surface area contributed by atoms with Gasteiger partial charge in [-0.15, -0.1) is 0 Å².